The van der Waals surface area contributed by atoms with Crippen LogP contribution < -0.4 is 20.2 Å². The molecule has 2 aliphatic heterocycles. The Morgan fingerprint density at radius 2 is 1.60 bits per heavy atom. The van der Waals surface area contributed by atoms with Crippen molar-refractivity contribution in [2.45, 2.75) is 34.6 Å². The van der Waals surface area contributed by atoms with Gasteiger partial charge in [-0.15, -0.1) is 0 Å². The van der Waals surface area contributed by atoms with Gasteiger partial charge in [-0.1, -0.05) is 71.1 Å². The van der Waals surface area contributed by atoms with Crippen molar-refractivity contribution in [1.82, 2.24) is 4.57 Å². The van der Waals surface area contributed by atoms with Gasteiger partial charge in [-0.05, 0) is 48.9 Å². The molecule has 10 nitrogen and oxygen atoms in total. The van der Waals surface area contributed by atoms with Gasteiger partial charge in [-0.2, -0.15) is 0 Å². The number of rotatable bonds is 6. The Balaban J connectivity index is 1.35. The lowest BCUT2D eigenvalue weighted by Gasteiger charge is -2.30. The van der Waals surface area contributed by atoms with Crippen LogP contribution in [0.2, 0.25) is 0 Å². The molecule has 0 radical (unpaired) electrons. The first kappa shape index (κ1) is 28.1. The third-order valence-electron chi connectivity index (χ3n) is 7.27. The summed E-state index contributed by atoms with van der Waals surface area (Å²) in [6.45, 7) is 1.59. The monoisotopic (exact) mass is 620 g/mol. The lowest BCUT2D eigenvalue weighted by atomic mass is 9.83. The zero-order valence-electron chi connectivity index (χ0n) is 22.1. The van der Waals surface area contributed by atoms with Gasteiger partial charge in [-0.3, -0.25) is 23.7 Å². The number of benzene rings is 3. The predicted molar refractivity (Wildman–Crippen MR) is 160 cm³/mol. The van der Waals surface area contributed by atoms with E-state index in [1.165, 1.54) is 33.7 Å². The minimum atomic E-state index is -3.89. The Hall–Kier alpha value is -4.04. The number of aryl methyl sites for hydroxylation is 1. The van der Waals surface area contributed by atoms with Gasteiger partial charge >= 0.3 is 4.87 Å². The number of fused-ring (bicyclic) bond motifs is 2. The summed E-state index contributed by atoms with van der Waals surface area (Å²) in [5.41, 5.74) is 2.61. The lowest BCUT2D eigenvalue weighted by Crippen LogP contribution is -2.33. The van der Waals surface area contributed by atoms with Crippen LogP contribution in [-0.4, -0.2) is 36.0 Å². The number of thioether (sulfide) groups is 1. The maximum absolute atomic E-state index is 13.9. The van der Waals surface area contributed by atoms with Crippen LogP contribution in [0.5, 0.6) is 0 Å². The summed E-state index contributed by atoms with van der Waals surface area (Å²) in [5.74, 6) is -2.48. The molecule has 3 N–H and O–H groups in total. The molecule has 3 atom stereocenters. The number of amides is 3. The zero-order chi connectivity index (χ0) is 29.8. The third kappa shape index (κ3) is 4.98. The number of nitrogens with one attached hydrogen (secondary N) is 1. The molecule has 42 heavy (non-hydrogen) atoms. The predicted octanol–water partition coefficient (Wildman–Crippen LogP) is 3.30. The standard InChI is InChI=1S/C29H24N4O6S3/c1-16-7-11-19(12-8-16)33-26(35)23-22(17-5-3-2-4-6-17)25-28(40-24(23)27(33)36)32(29(37)41-25)15-21(34)31-18-9-13-20(14-10-18)42(30,38)39/h2-14,22-24H,15H2,1H3,(H,31,34)(H2,30,38,39)/t22-,23-,24+/m0/s1. The number of thiazole rings is 1. The molecule has 0 bridgehead atoms. The SMILES string of the molecule is Cc1ccc(N2C(=O)[C@H]3[C@H](c4ccccc4)c4sc(=O)n(CC(=O)Nc5ccc(S(N)(=O)=O)cc5)c4S[C@H]3C2=O)cc1. The molecule has 3 heterocycles. The van der Waals surface area contributed by atoms with Gasteiger partial charge < -0.3 is 5.32 Å². The lowest BCUT2D eigenvalue weighted by molar-refractivity contribution is -0.122. The Bertz CT molecular complexity index is 1880. The van der Waals surface area contributed by atoms with Crippen LogP contribution in [0.1, 0.15) is 21.9 Å². The summed E-state index contributed by atoms with van der Waals surface area (Å²) in [5, 5.41) is 7.49. The molecule has 214 valence electrons. The summed E-state index contributed by atoms with van der Waals surface area (Å²) in [4.78, 5) is 55.3. The molecule has 2 aliphatic rings. The van der Waals surface area contributed by atoms with Crippen LogP contribution in [0.15, 0.2) is 93.6 Å². The van der Waals surface area contributed by atoms with Crippen LogP contribution in [0.4, 0.5) is 11.4 Å². The van der Waals surface area contributed by atoms with Gasteiger partial charge in [0.15, 0.2) is 0 Å². The van der Waals surface area contributed by atoms with Crippen molar-refractivity contribution in [1.29, 1.82) is 0 Å². The minimum absolute atomic E-state index is 0.100. The fourth-order valence-electron chi connectivity index (χ4n) is 5.30. The number of primary sulfonamides is 1. The van der Waals surface area contributed by atoms with E-state index in [4.69, 9.17) is 5.14 Å². The van der Waals surface area contributed by atoms with Crippen molar-refractivity contribution in [2.75, 3.05) is 10.2 Å². The summed E-state index contributed by atoms with van der Waals surface area (Å²) in [6.07, 6.45) is 0. The Morgan fingerprint density at radius 1 is 0.929 bits per heavy atom. The van der Waals surface area contributed by atoms with E-state index in [9.17, 15) is 27.6 Å². The van der Waals surface area contributed by atoms with Crippen molar-refractivity contribution < 1.29 is 22.8 Å². The van der Waals surface area contributed by atoms with E-state index < -0.39 is 33.0 Å². The fourth-order valence-corrected chi connectivity index (χ4v) is 8.58. The molecule has 0 saturated carbocycles. The van der Waals surface area contributed by atoms with Gasteiger partial charge in [0.25, 0.3) is 0 Å². The molecule has 1 aromatic heterocycles. The average molecular weight is 621 g/mol. The number of nitrogens with two attached hydrogens (primary N) is 1. The van der Waals surface area contributed by atoms with Crippen LogP contribution >= 0.6 is 23.1 Å². The molecule has 0 aliphatic carbocycles. The van der Waals surface area contributed by atoms with Crippen LogP contribution in [0, 0.1) is 12.8 Å². The molecule has 1 saturated heterocycles. The molecule has 3 aromatic carbocycles. The Morgan fingerprint density at radius 3 is 2.24 bits per heavy atom. The van der Waals surface area contributed by atoms with Gasteiger partial charge in [-0.25, -0.2) is 18.5 Å². The number of aromatic nitrogens is 1. The van der Waals surface area contributed by atoms with Crippen molar-refractivity contribution >= 4 is 62.2 Å². The second-order valence-electron chi connectivity index (χ2n) is 10.0. The first-order chi connectivity index (χ1) is 20.0. The van der Waals surface area contributed by atoms with Gasteiger partial charge in [0.2, 0.25) is 27.7 Å². The van der Waals surface area contributed by atoms with Crippen molar-refractivity contribution in [3.05, 3.63) is 105 Å². The number of sulfonamides is 1. The maximum atomic E-state index is 13.9. The molecule has 13 heteroatoms. The first-order valence-corrected chi connectivity index (χ1v) is 16.1. The summed E-state index contributed by atoms with van der Waals surface area (Å²) in [7, 11) is -3.89. The number of anilines is 2. The van der Waals surface area contributed by atoms with Gasteiger partial charge in [0.1, 0.15) is 11.8 Å². The number of nitrogens with zero attached hydrogens (tertiary/aromatic N) is 2. The number of carbonyl (C=O) groups is 3. The van der Waals surface area contributed by atoms with E-state index in [0.717, 1.165) is 34.2 Å². The summed E-state index contributed by atoms with van der Waals surface area (Å²) < 4.78 is 24.4. The minimum Gasteiger partial charge on any atom is -0.325 e. The average Bonchev–Trinajstić information content (AvgIpc) is 3.40. The third-order valence-corrected chi connectivity index (χ3v) is 10.8. The Kier molecular flexibility index (Phi) is 7.13. The first-order valence-electron chi connectivity index (χ1n) is 12.9. The number of imide groups is 1. The molecule has 4 aromatic rings. The second-order valence-corrected chi connectivity index (χ2v) is 13.7. The largest absolute Gasteiger partial charge is 0.325 e. The van der Waals surface area contributed by atoms with E-state index in [2.05, 4.69) is 5.32 Å². The topological polar surface area (TPSA) is 149 Å². The normalized spacial score (nSPS) is 19.9. The van der Waals surface area contributed by atoms with E-state index >= 15 is 0 Å². The van der Waals surface area contributed by atoms with E-state index in [1.807, 2.05) is 49.4 Å². The van der Waals surface area contributed by atoms with Gasteiger partial charge in [0.05, 0.1) is 21.5 Å². The van der Waals surface area contributed by atoms with Crippen molar-refractivity contribution in [2.24, 2.45) is 11.1 Å². The number of hydrogen-bond donors (Lipinski definition) is 2. The Labute approximate surface area is 249 Å². The zero-order valence-corrected chi connectivity index (χ0v) is 24.5. The van der Waals surface area contributed by atoms with E-state index in [0.29, 0.717) is 21.3 Å². The van der Waals surface area contributed by atoms with E-state index in [1.54, 1.807) is 12.1 Å². The van der Waals surface area contributed by atoms with Crippen molar-refractivity contribution in [3.8, 4) is 0 Å². The summed E-state index contributed by atoms with van der Waals surface area (Å²) >= 11 is 2.11. The highest BCUT2D eigenvalue weighted by atomic mass is 32.2. The molecule has 0 spiro atoms. The summed E-state index contributed by atoms with van der Waals surface area (Å²) in [6, 6.07) is 21.8. The van der Waals surface area contributed by atoms with Crippen LogP contribution in [0.25, 0.3) is 0 Å². The molecule has 3 amide bonds. The maximum Gasteiger partial charge on any atom is 0.308 e. The van der Waals surface area contributed by atoms with E-state index in [-0.39, 0.29) is 28.1 Å². The number of hydrogen-bond acceptors (Lipinski definition) is 8. The highest BCUT2D eigenvalue weighted by Crippen LogP contribution is 2.53. The van der Waals surface area contributed by atoms with Crippen LogP contribution in [-0.2, 0) is 31.0 Å². The quantitative estimate of drug-likeness (QED) is 0.314. The second kappa shape index (κ2) is 10.7. The van der Waals surface area contributed by atoms with Crippen LogP contribution in [0.3, 0.4) is 0 Å². The number of carbonyl (C=O) groups excluding carboxylic acids is 3. The van der Waals surface area contributed by atoms with Gasteiger partial charge in [0, 0.05) is 16.5 Å². The molecular formula is C29H24N4O6S3. The van der Waals surface area contributed by atoms with Crippen molar-refractivity contribution in [3.63, 3.8) is 0 Å². The fraction of sp³-hybridized carbons (Fsp3) is 0.172. The smallest absolute Gasteiger partial charge is 0.308 e. The molecule has 6 rings (SSSR count). The highest BCUT2D eigenvalue weighted by Gasteiger charge is 2.56. The highest BCUT2D eigenvalue weighted by molar-refractivity contribution is 8.00. The molecule has 0 unspecified atom stereocenters. The molecule has 1 fully saturated rings. The molecular weight excluding hydrogens is 597 g/mol.